The van der Waals surface area contributed by atoms with Crippen LogP contribution in [0, 0.1) is 0 Å². The molecule has 0 N–H and O–H groups in total. The number of rotatable bonds is 6. The number of aromatic nitrogens is 2. The maximum absolute atomic E-state index is 13.5. The zero-order valence-electron chi connectivity index (χ0n) is 19.8. The number of ether oxygens (including phenoxy) is 1. The number of hydrogen-bond donors (Lipinski definition) is 0. The van der Waals surface area contributed by atoms with E-state index in [2.05, 4.69) is 5.10 Å². The van der Waals surface area contributed by atoms with E-state index in [0.717, 1.165) is 16.5 Å². The molecular formula is C30H19Cl2N3O3. The highest BCUT2D eigenvalue weighted by atomic mass is 35.5. The number of fused-ring (bicyclic) bond motifs is 2. The van der Waals surface area contributed by atoms with Crippen LogP contribution < -0.4 is 10.3 Å². The second-order valence-electron chi connectivity index (χ2n) is 8.56. The first kappa shape index (κ1) is 24.0. The predicted molar refractivity (Wildman–Crippen MR) is 151 cm³/mol. The second kappa shape index (κ2) is 10.2. The molecule has 2 heterocycles. The number of furan rings is 1. The largest absolute Gasteiger partial charge is 0.489 e. The van der Waals surface area contributed by atoms with Crippen LogP contribution in [0.1, 0.15) is 11.1 Å². The number of hydrogen-bond acceptors (Lipinski definition) is 5. The Morgan fingerprint density at radius 2 is 1.76 bits per heavy atom. The minimum Gasteiger partial charge on any atom is -0.489 e. The van der Waals surface area contributed by atoms with Crippen molar-refractivity contribution in [2.24, 2.45) is 5.10 Å². The molecule has 0 amide bonds. The Morgan fingerprint density at radius 3 is 2.66 bits per heavy atom. The van der Waals surface area contributed by atoms with Crippen molar-refractivity contribution >= 4 is 51.3 Å². The van der Waals surface area contributed by atoms with Gasteiger partial charge in [-0.25, -0.2) is 4.98 Å². The molecule has 0 aliphatic heterocycles. The Balaban J connectivity index is 1.38. The summed E-state index contributed by atoms with van der Waals surface area (Å²) in [5.74, 6) is 1.33. The molecule has 6 rings (SSSR count). The average molecular weight is 540 g/mol. The molecule has 0 aliphatic carbocycles. The highest BCUT2D eigenvalue weighted by Crippen LogP contribution is 2.29. The van der Waals surface area contributed by atoms with Crippen LogP contribution in [0.4, 0.5) is 0 Å². The van der Waals surface area contributed by atoms with Crippen LogP contribution in [0.5, 0.6) is 5.75 Å². The molecule has 0 bridgehead atoms. The van der Waals surface area contributed by atoms with E-state index >= 15 is 0 Å². The lowest BCUT2D eigenvalue weighted by Gasteiger charge is -2.09. The summed E-state index contributed by atoms with van der Waals surface area (Å²) in [5, 5.41) is 7.00. The van der Waals surface area contributed by atoms with Crippen molar-refractivity contribution in [1.29, 1.82) is 0 Å². The van der Waals surface area contributed by atoms with Crippen LogP contribution >= 0.6 is 23.2 Å². The van der Waals surface area contributed by atoms with Crippen LogP contribution in [0.25, 0.3) is 33.5 Å². The third-order valence-electron chi connectivity index (χ3n) is 5.99. The maximum atomic E-state index is 13.5. The Kier molecular flexibility index (Phi) is 6.42. The number of para-hydroxylation sites is 1. The van der Waals surface area contributed by atoms with Gasteiger partial charge in [-0.15, -0.1) is 0 Å². The zero-order chi connectivity index (χ0) is 26.1. The first-order valence-electron chi connectivity index (χ1n) is 11.8. The predicted octanol–water partition coefficient (Wildman–Crippen LogP) is 7.58. The van der Waals surface area contributed by atoms with Gasteiger partial charge >= 0.3 is 0 Å². The first-order chi connectivity index (χ1) is 18.5. The number of nitrogens with zero attached hydrogens (tertiary/aromatic N) is 3. The van der Waals surface area contributed by atoms with Gasteiger partial charge in [0, 0.05) is 21.0 Å². The second-order valence-corrected chi connectivity index (χ2v) is 9.40. The maximum Gasteiger partial charge on any atom is 0.282 e. The SMILES string of the molecule is O=c1c2ccccc2nc(-c2cc3cc(Cl)ccc3o2)n1N=Cc1cccc(OCc2ccccc2Cl)c1. The molecular weight excluding hydrogens is 521 g/mol. The van der Waals surface area contributed by atoms with Gasteiger partial charge in [-0.05, 0) is 60.2 Å². The first-order valence-corrected chi connectivity index (χ1v) is 12.5. The van der Waals surface area contributed by atoms with Crippen molar-refractivity contribution in [2.45, 2.75) is 6.61 Å². The van der Waals surface area contributed by atoms with Gasteiger partial charge in [0.15, 0.2) is 5.76 Å². The highest BCUT2D eigenvalue weighted by Gasteiger charge is 2.16. The zero-order valence-corrected chi connectivity index (χ0v) is 21.4. The van der Waals surface area contributed by atoms with E-state index in [0.29, 0.717) is 44.6 Å². The summed E-state index contributed by atoms with van der Waals surface area (Å²) in [6, 6.07) is 29.2. The molecule has 0 unspecified atom stereocenters. The van der Waals surface area contributed by atoms with Crippen molar-refractivity contribution in [3.05, 3.63) is 129 Å². The molecule has 0 aliphatic rings. The fourth-order valence-corrected chi connectivity index (χ4v) is 4.47. The summed E-state index contributed by atoms with van der Waals surface area (Å²) < 4.78 is 13.2. The van der Waals surface area contributed by atoms with Crippen LogP contribution in [0.2, 0.25) is 10.0 Å². The van der Waals surface area contributed by atoms with Gasteiger partial charge in [0.1, 0.15) is 17.9 Å². The highest BCUT2D eigenvalue weighted by molar-refractivity contribution is 6.31. The molecule has 4 aromatic carbocycles. The molecule has 0 saturated heterocycles. The molecule has 8 heteroatoms. The summed E-state index contributed by atoms with van der Waals surface area (Å²) in [4.78, 5) is 18.2. The molecule has 0 spiro atoms. The monoisotopic (exact) mass is 539 g/mol. The van der Waals surface area contributed by atoms with Gasteiger partial charge in [0.2, 0.25) is 5.82 Å². The van der Waals surface area contributed by atoms with Crippen molar-refractivity contribution in [1.82, 2.24) is 9.66 Å². The average Bonchev–Trinajstić information content (AvgIpc) is 3.35. The summed E-state index contributed by atoms with van der Waals surface area (Å²) >= 11 is 12.4. The Bertz CT molecular complexity index is 1890. The van der Waals surface area contributed by atoms with Crippen LogP contribution in [-0.4, -0.2) is 15.9 Å². The van der Waals surface area contributed by atoms with E-state index in [1.54, 1.807) is 48.7 Å². The van der Waals surface area contributed by atoms with Crippen molar-refractivity contribution in [3.63, 3.8) is 0 Å². The molecule has 0 fully saturated rings. The Hall–Kier alpha value is -4.39. The van der Waals surface area contributed by atoms with Gasteiger partial charge in [0.05, 0.1) is 17.1 Å². The standard InChI is InChI=1S/C30H19Cl2N3O3/c31-22-12-13-27-21(15-22)16-28(38-27)29-34-26-11-4-2-9-24(26)30(36)35(29)33-17-19-6-5-8-23(14-19)37-18-20-7-1-3-10-25(20)32/h1-17H,18H2. The van der Waals surface area contributed by atoms with Gasteiger partial charge in [-0.1, -0.05) is 65.7 Å². The molecule has 6 nitrogen and oxygen atoms in total. The molecule has 0 atom stereocenters. The molecule has 6 aromatic rings. The lowest BCUT2D eigenvalue weighted by Crippen LogP contribution is -2.20. The molecule has 2 aromatic heterocycles. The fourth-order valence-electron chi connectivity index (χ4n) is 4.10. The van der Waals surface area contributed by atoms with Gasteiger partial charge in [-0.3, -0.25) is 4.79 Å². The van der Waals surface area contributed by atoms with Gasteiger partial charge in [0.25, 0.3) is 5.56 Å². The van der Waals surface area contributed by atoms with E-state index in [-0.39, 0.29) is 11.4 Å². The topological polar surface area (TPSA) is 69.6 Å². The normalized spacial score (nSPS) is 11.5. The van der Waals surface area contributed by atoms with Crippen LogP contribution in [0.15, 0.2) is 111 Å². The van der Waals surface area contributed by atoms with E-state index in [1.165, 1.54) is 4.68 Å². The number of benzene rings is 4. The Labute approximate surface area is 227 Å². The van der Waals surface area contributed by atoms with E-state index in [9.17, 15) is 4.79 Å². The van der Waals surface area contributed by atoms with Crippen molar-refractivity contribution in [2.75, 3.05) is 0 Å². The molecule has 186 valence electrons. The van der Waals surface area contributed by atoms with Crippen molar-refractivity contribution in [3.8, 4) is 17.3 Å². The minimum atomic E-state index is -0.313. The molecule has 38 heavy (non-hydrogen) atoms. The molecule has 0 saturated carbocycles. The summed E-state index contributed by atoms with van der Waals surface area (Å²) in [6.45, 7) is 0.328. The summed E-state index contributed by atoms with van der Waals surface area (Å²) in [6.07, 6.45) is 1.59. The third-order valence-corrected chi connectivity index (χ3v) is 6.59. The third kappa shape index (κ3) is 4.79. The summed E-state index contributed by atoms with van der Waals surface area (Å²) in [7, 11) is 0. The summed E-state index contributed by atoms with van der Waals surface area (Å²) in [5.41, 5.74) is 2.49. The van der Waals surface area contributed by atoms with E-state index < -0.39 is 0 Å². The van der Waals surface area contributed by atoms with E-state index in [1.807, 2.05) is 54.6 Å². The van der Waals surface area contributed by atoms with Crippen LogP contribution in [0.3, 0.4) is 0 Å². The van der Waals surface area contributed by atoms with E-state index in [4.69, 9.17) is 37.3 Å². The minimum absolute atomic E-state index is 0.281. The fraction of sp³-hybridized carbons (Fsp3) is 0.0333. The van der Waals surface area contributed by atoms with Crippen molar-refractivity contribution < 1.29 is 9.15 Å². The number of halogens is 2. The lowest BCUT2D eigenvalue weighted by atomic mass is 10.2. The van der Waals surface area contributed by atoms with Gasteiger partial charge < -0.3 is 9.15 Å². The van der Waals surface area contributed by atoms with Crippen LogP contribution in [-0.2, 0) is 6.61 Å². The Morgan fingerprint density at radius 1 is 0.921 bits per heavy atom. The molecule has 0 radical (unpaired) electrons. The quantitative estimate of drug-likeness (QED) is 0.204. The lowest BCUT2D eigenvalue weighted by molar-refractivity contribution is 0.306. The smallest absolute Gasteiger partial charge is 0.282 e. The van der Waals surface area contributed by atoms with Gasteiger partial charge in [-0.2, -0.15) is 9.78 Å².